The first-order chi connectivity index (χ1) is 19.5. The molecule has 0 bridgehead atoms. The third-order valence-corrected chi connectivity index (χ3v) is 7.62. The number of hydrogen-bond donors (Lipinski definition) is 0. The molecule has 2 aliphatic rings. The van der Waals surface area contributed by atoms with Crippen molar-refractivity contribution in [3.63, 3.8) is 0 Å². The molecule has 0 unspecified atom stereocenters. The van der Waals surface area contributed by atoms with Crippen molar-refractivity contribution < 1.29 is 23.9 Å². The number of benzene rings is 1. The zero-order valence-electron chi connectivity index (χ0n) is 24.4. The third kappa shape index (κ3) is 6.08. The van der Waals surface area contributed by atoms with Crippen molar-refractivity contribution >= 4 is 35.2 Å². The van der Waals surface area contributed by atoms with Crippen molar-refractivity contribution in [2.24, 2.45) is 0 Å². The Bertz CT molecular complexity index is 1420. The van der Waals surface area contributed by atoms with Crippen LogP contribution in [0.3, 0.4) is 0 Å². The number of carbonyl (C=O) groups excluding carboxylic acids is 3. The Hall–Kier alpha value is -4.28. The summed E-state index contributed by atoms with van der Waals surface area (Å²) in [5.74, 6) is 1.15. The lowest BCUT2D eigenvalue weighted by Crippen LogP contribution is -2.52. The van der Waals surface area contributed by atoms with Crippen LogP contribution in [0.25, 0.3) is 5.65 Å². The minimum atomic E-state index is -0.520. The number of methoxy groups -OCH3 is 1. The Morgan fingerprint density at radius 1 is 1.07 bits per heavy atom. The number of urea groups is 1. The van der Waals surface area contributed by atoms with Crippen LogP contribution in [0.15, 0.2) is 48.8 Å². The van der Waals surface area contributed by atoms with Gasteiger partial charge in [-0.1, -0.05) is 12.1 Å². The van der Waals surface area contributed by atoms with Crippen molar-refractivity contribution in [2.45, 2.75) is 58.2 Å². The highest BCUT2D eigenvalue weighted by Crippen LogP contribution is 2.28. The maximum atomic E-state index is 13.5. The fourth-order valence-corrected chi connectivity index (χ4v) is 5.32. The van der Waals surface area contributed by atoms with Crippen LogP contribution in [0, 0.1) is 0 Å². The van der Waals surface area contributed by atoms with Crippen molar-refractivity contribution in [3.05, 3.63) is 54.4 Å². The van der Waals surface area contributed by atoms with Gasteiger partial charge in [-0.05, 0) is 57.4 Å². The number of hydrogen-bond acceptors (Lipinski definition) is 7. The zero-order valence-corrected chi connectivity index (χ0v) is 24.4. The fourth-order valence-electron chi connectivity index (χ4n) is 5.32. The molecule has 4 amide bonds. The predicted octanol–water partition coefficient (Wildman–Crippen LogP) is 4.54. The van der Waals surface area contributed by atoms with Crippen LogP contribution >= 0.6 is 0 Å². The van der Waals surface area contributed by atoms with Gasteiger partial charge in [-0.3, -0.25) is 19.0 Å². The fraction of sp³-hybridized carbons (Fsp3) is 0.467. The number of rotatable bonds is 6. The van der Waals surface area contributed by atoms with Gasteiger partial charge in [-0.2, -0.15) is 0 Å². The van der Waals surface area contributed by atoms with E-state index in [4.69, 9.17) is 9.47 Å². The summed E-state index contributed by atoms with van der Waals surface area (Å²) in [5, 5.41) is 0. The van der Waals surface area contributed by atoms with Gasteiger partial charge >= 0.3 is 12.1 Å². The molecule has 0 atom stereocenters. The molecule has 41 heavy (non-hydrogen) atoms. The zero-order chi connectivity index (χ0) is 29.3. The van der Waals surface area contributed by atoms with E-state index >= 15 is 0 Å². The molecule has 3 aromatic rings. The molecule has 2 saturated heterocycles. The van der Waals surface area contributed by atoms with Crippen molar-refractivity contribution in [2.75, 3.05) is 43.6 Å². The second kappa shape index (κ2) is 11.3. The van der Waals surface area contributed by atoms with Gasteiger partial charge in [0.2, 0.25) is 5.91 Å². The maximum absolute atomic E-state index is 13.5. The molecular weight excluding hydrogens is 524 g/mol. The van der Waals surface area contributed by atoms with Gasteiger partial charge in [0.1, 0.15) is 22.8 Å². The van der Waals surface area contributed by atoms with Crippen LogP contribution in [0.4, 0.5) is 21.1 Å². The SMILES string of the molecule is COc1ccc(CN2C(=O)CCN(c3cnc4cc(N5CCC(N(C)C(=O)OC(C)(C)C)CC5)ccn34)C2=O)cc1. The maximum Gasteiger partial charge on any atom is 0.410 e. The number of imidazole rings is 1. The summed E-state index contributed by atoms with van der Waals surface area (Å²) in [5.41, 5.74) is 2.08. The minimum Gasteiger partial charge on any atom is -0.497 e. The van der Waals surface area contributed by atoms with E-state index in [1.807, 2.05) is 67.8 Å². The smallest absolute Gasteiger partial charge is 0.410 e. The Kier molecular flexibility index (Phi) is 7.79. The number of fused-ring (bicyclic) bond motifs is 1. The average molecular weight is 563 g/mol. The summed E-state index contributed by atoms with van der Waals surface area (Å²) in [7, 11) is 3.40. The van der Waals surface area contributed by atoms with Gasteiger partial charge in [-0.15, -0.1) is 0 Å². The van der Waals surface area contributed by atoms with Crippen molar-refractivity contribution in [1.29, 1.82) is 0 Å². The van der Waals surface area contributed by atoms with Crippen LogP contribution in [-0.4, -0.2) is 82.7 Å². The first-order valence-electron chi connectivity index (χ1n) is 14.0. The molecule has 0 radical (unpaired) electrons. The molecule has 0 spiro atoms. The van der Waals surface area contributed by atoms with Gasteiger partial charge in [-0.25, -0.2) is 14.6 Å². The number of piperidine rings is 1. The summed E-state index contributed by atoms with van der Waals surface area (Å²) in [6.07, 6.45) is 5.21. The van der Waals surface area contributed by atoms with Gasteiger partial charge in [0.25, 0.3) is 0 Å². The number of carbonyl (C=O) groups is 3. The second-order valence-electron chi connectivity index (χ2n) is 11.6. The number of nitrogens with zero attached hydrogens (tertiary/aromatic N) is 6. The Labute approximate surface area is 240 Å². The highest BCUT2D eigenvalue weighted by molar-refractivity contribution is 6.05. The van der Waals surface area contributed by atoms with E-state index < -0.39 is 5.60 Å². The molecule has 5 rings (SSSR count). The molecule has 11 heteroatoms. The molecule has 2 aromatic heterocycles. The normalized spacial score (nSPS) is 16.9. The summed E-state index contributed by atoms with van der Waals surface area (Å²) >= 11 is 0. The van der Waals surface area contributed by atoms with E-state index in [0.29, 0.717) is 18.1 Å². The van der Waals surface area contributed by atoms with E-state index in [2.05, 4.69) is 9.88 Å². The summed E-state index contributed by atoms with van der Waals surface area (Å²) in [4.78, 5) is 50.1. The number of ether oxygens (including phenoxy) is 2. The Balaban J connectivity index is 1.26. The lowest BCUT2D eigenvalue weighted by molar-refractivity contribution is -0.129. The molecule has 1 aromatic carbocycles. The lowest BCUT2D eigenvalue weighted by Gasteiger charge is -2.38. The van der Waals surface area contributed by atoms with Gasteiger partial charge in [0, 0.05) is 57.1 Å². The van der Waals surface area contributed by atoms with Gasteiger partial charge in [0.15, 0.2) is 0 Å². The van der Waals surface area contributed by atoms with E-state index in [1.54, 1.807) is 30.2 Å². The second-order valence-corrected chi connectivity index (χ2v) is 11.6. The van der Waals surface area contributed by atoms with E-state index in [1.165, 1.54) is 4.90 Å². The lowest BCUT2D eigenvalue weighted by atomic mass is 10.0. The molecule has 0 aliphatic carbocycles. The average Bonchev–Trinajstić information content (AvgIpc) is 3.37. The number of imide groups is 1. The summed E-state index contributed by atoms with van der Waals surface area (Å²) in [6.45, 7) is 7.71. The third-order valence-electron chi connectivity index (χ3n) is 7.62. The topological polar surface area (TPSA) is 99.9 Å². The highest BCUT2D eigenvalue weighted by atomic mass is 16.6. The number of pyridine rings is 1. The first kappa shape index (κ1) is 28.3. The highest BCUT2D eigenvalue weighted by Gasteiger charge is 2.34. The molecule has 11 nitrogen and oxygen atoms in total. The van der Waals surface area contributed by atoms with E-state index in [9.17, 15) is 14.4 Å². The minimum absolute atomic E-state index is 0.122. The van der Waals surface area contributed by atoms with E-state index in [-0.39, 0.29) is 37.0 Å². The predicted molar refractivity (Wildman–Crippen MR) is 155 cm³/mol. The van der Waals surface area contributed by atoms with E-state index in [0.717, 1.165) is 42.8 Å². The number of aromatic nitrogens is 2. The molecule has 0 N–H and O–H groups in total. The van der Waals surface area contributed by atoms with Crippen LogP contribution in [-0.2, 0) is 16.1 Å². The molecule has 4 heterocycles. The quantitative estimate of drug-likeness (QED) is 0.435. The number of amides is 4. The van der Waals surface area contributed by atoms with Crippen LogP contribution < -0.4 is 14.5 Å². The molecule has 218 valence electrons. The molecular formula is C30H38N6O5. The van der Waals surface area contributed by atoms with Crippen LogP contribution in [0.2, 0.25) is 0 Å². The standard InChI is InChI=1S/C30H38N6O5/c1-30(2,3)41-29(39)32(4)22-10-14-33(15-11-22)23-12-16-34-25(18-23)31-19-26(34)35-17-13-27(37)36(28(35)38)20-21-6-8-24(40-5)9-7-21/h6-9,12,16,18-19,22H,10-11,13-15,17,20H2,1-5H3. The molecule has 2 aliphatic heterocycles. The summed E-state index contributed by atoms with van der Waals surface area (Å²) < 4.78 is 12.6. The van der Waals surface area contributed by atoms with Crippen molar-refractivity contribution in [3.8, 4) is 5.75 Å². The Morgan fingerprint density at radius 3 is 2.44 bits per heavy atom. The van der Waals surface area contributed by atoms with Gasteiger partial charge < -0.3 is 19.3 Å². The van der Waals surface area contributed by atoms with Crippen LogP contribution in [0.5, 0.6) is 5.75 Å². The first-order valence-corrected chi connectivity index (χ1v) is 14.0. The summed E-state index contributed by atoms with van der Waals surface area (Å²) in [6, 6.07) is 11.1. The molecule has 2 fully saturated rings. The monoisotopic (exact) mass is 562 g/mol. The largest absolute Gasteiger partial charge is 0.497 e. The number of anilines is 2. The van der Waals surface area contributed by atoms with Gasteiger partial charge in [0.05, 0.1) is 19.9 Å². The van der Waals surface area contributed by atoms with Crippen molar-refractivity contribution in [1.82, 2.24) is 19.2 Å². The molecule has 0 saturated carbocycles. The van der Waals surface area contributed by atoms with Crippen LogP contribution in [0.1, 0.15) is 45.6 Å². The Morgan fingerprint density at radius 2 is 1.78 bits per heavy atom.